The molecule has 62 valence electrons. The smallest absolute Gasteiger partial charge is 0.286 e. The minimum absolute atomic E-state index is 0.107. The molecule has 6 heteroatoms. The van der Waals surface area contributed by atoms with Crippen LogP contribution in [-0.4, -0.2) is 14.8 Å². The summed E-state index contributed by atoms with van der Waals surface area (Å²) in [6, 6.07) is 0. The third kappa shape index (κ3) is 0.997. The Morgan fingerprint density at radius 3 is 3.25 bits per heavy atom. The van der Waals surface area contributed by atoms with Gasteiger partial charge in [0, 0.05) is 7.05 Å². The van der Waals surface area contributed by atoms with Gasteiger partial charge in [0.25, 0.3) is 5.56 Å². The van der Waals surface area contributed by atoms with Gasteiger partial charge in [-0.3, -0.25) is 4.79 Å². The van der Waals surface area contributed by atoms with E-state index in [4.69, 9.17) is 12.2 Å². The molecule has 0 atom stereocenters. The number of fused-ring (bicyclic) bond motifs is 1. The molecule has 0 unspecified atom stereocenters. The molecule has 4 nitrogen and oxygen atoms in total. The van der Waals surface area contributed by atoms with Crippen LogP contribution in [0.25, 0.3) is 10.2 Å². The first-order chi connectivity index (χ1) is 5.68. The lowest BCUT2D eigenvalue weighted by Crippen LogP contribution is -2.17. The molecule has 1 N–H and O–H groups in total. The highest BCUT2D eigenvalue weighted by Gasteiger charge is 2.02. The van der Waals surface area contributed by atoms with Gasteiger partial charge in [-0.1, -0.05) is 11.3 Å². The molecule has 0 radical (unpaired) electrons. The van der Waals surface area contributed by atoms with Crippen LogP contribution in [0.3, 0.4) is 0 Å². The molecule has 2 rings (SSSR count). The minimum atomic E-state index is -0.107. The van der Waals surface area contributed by atoms with Crippen LogP contribution in [0.5, 0.6) is 0 Å². The van der Waals surface area contributed by atoms with E-state index < -0.39 is 0 Å². The summed E-state index contributed by atoms with van der Waals surface area (Å²) in [5.74, 6) is 0. The quantitative estimate of drug-likeness (QED) is 0.645. The number of hydrogen-bond donors (Lipinski definition) is 1. The van der Waals surface area contributed by atoms with Gasteiger partial charge < -0.3 is 4.98 Å². The number of nitrogens with zero attached hydrogens (tertiary/aromatic N) is 2. The average Bonchev–Trinajstić information content (AvgIpc) is 2.39. The van der Waals surface area contributed by atoms with Crippen molar-refractivity contribution >= 4 is 33.8 Å². The zero-order valence-corrected chi connectivity index (χ0v) is 7.83. The lowest BCUT2D eigenvalue weighted by atomic mass is 10.5. The van der Waals surface area contributed by atoms with Crippen LogP contribution >= 0.6 is 23.6 Å². The molecule has 0 aliphatic rings. The van der Waals surface area contributed by atoms with E-state index in [0.29, 0.717) is 14.2 Å². The summed E-state index contributed by atoms with van der Waals surface area (Å²) in [6.45, 7) is 0. The number of hydrogen-bond acceptors (Lipinski definition) is 4. The Bertz CT molecular complexity index is 535. The Morgan fingerprint density at radius 2 is 2.50 bits per heavy atom. The molecule has 0 bridgehead atoms. The van der Waals surface area contributed by atoms with Crippen molar-refractivity contribution in [2.75, 3.05) is 0 Å². The van der Waals surface area contributed by atoms with Crippen LogP contribution < -0.4 is 5.56 Å². The number of thiazole rings is 1. The summed E-state index contributed by atoms with van der Waals surface area (Å²) in [4.78, 5) is 14.3. The van der Waals surface area contributed by atoms with Gasteiger partial charge in [0.2, 0.25) is 0 Å². The van der Waals surface area contributed by atoms with Crippen molar-refractivity contribution in [1.82, 2.24) is 14.8 Å². The molecule has 0 amide bonds. The van der Waals surface area contributed by atoms with Crippen LogP contribution in [0.15, 0.2) is 11.0 Å². The second-order valence-electron chi connectivity index (χ2n) is 2.33. The third-order valence-electron chi connectivity index (χ3n) is 1.52. The topological polar surface area (TPSA) is 50.7 Å². The van der Waals surface area contributed by atoms with E-state index in [9.17, 15) is 4.79 Å². The zero-order valence-electron chi connectivity index (χ0n) is 6.20. The molecule has 2 aromatic heterocycles. The summed E-state index contributed by atoms with van der Waals surface area (Å²) in [5, 5.41) is 3.85. The summed E-state index contributed by atoms with van der Waals surface area (Å²) in [7, 11) is 1.62. The van der Waals surface area contributed by atoms with Crippen molar-refractivity contribution < 1.29 is 0 Å². The van der Waals surface area contributed by atoms with Crippen LogP contribution in [0, 0.1) is 3.95 Å². The van der Waals surface area contributed by atoms with Crippen molar-refractivity contribution in [3.63, 3.8) is 0 Å². The molecule has 0 saturated heterocycles. The second-order valence-corrected chi connectivity index (χ2v) is 4.02. The Labute approximate surface area is 76.5 Å². The van der Waals surface area contributed by atoms with Crippen molar-refractivity contribution in [1.29, 1.82) is 0 Å². The van der Waals surface area contributed by atoms with Crippen LogP contribution in [0.2, 0.25) is 0 Å². The van der Waals surface area contributed by atoms with E-state index in [0.717, 1.165) is 0 Å². The zero-order chi connectivity index (χ0) is 8.72. The average molecular weight is 199 g/mol. The fourth-order valence-electron chi connectivity index (χ4n) is 0.933. The molecule has 0 fully saturated rings. The summed E-state index contributed by atoms with van der Waals surface area (Å²) >= 11 is 6.18. The molecule has 0 aromatic carbocycles. The molecule has 0 spiro atoms. The first-order valence-corrected chi connectivity index (χ1v) is 4.46. The maximum Gasteiger partial charge on any atom is 0.286 e. The first kappa shape index (κ1) is 7.63. The summed E-state index contributed by atoms with van der Waals surface area (Å²) in [5.41, 5.74) is 0.609. The third-order valence-corrected chi connectivity index (χ3v) is 2.76. The fraction of sp³-hybridized carbons (Fsp3) is 0.167. The molecule has 12 heavy (non-hydrogen) atoms. The van der Waals surface area contributed by atoms with E-state index in [-0.39, 0.29) is 5.56 Å². The predicted molar refractivity (Wildman–Crippen MR) is 50.0 cm³/mol. The number of H-pyrrole nitrogens is 1. The Hall–Kier alpha value is -1.01. The molecule has 2 aromatic rings. The number of aromatic amines is 1. The highest BCUT2D eigenvalue weighted by atomic mass is 32.1. The van der Waals surface area contributed by atoms with Gasteiger partial charge in [0.05, 0.1) is 11.7 Å². The van der Waals surface area contributed by atoms with E-state index in [2.05, 4.69) is 10.1 Å². The number of aryl methyl sites for hydroxylation is 1. The lowest BCUT2D eigenvalue weighted by Gasteiger charge is -1.92. The number of nitrogens with one attached hydrogen (secondary N) is 1. The highest BCUT2D eigenvalue weighted by Crippen LogP contribution is 2.12. The lowest BCUT2D eigenvalue weighted by molar-refractivity contribution is 0.719. The molecule has 0 aliphatic carbocycles. The van der Waals surface area contributed by atoms with Gasteiger partial charge in [0.15, 0.2) is 3.95 Å². The van der Waals surface area contributed by atoms with E-state index >= 15 is 0 Å². The van der Waals surface area contributed by atoms with Gasteiger partial charge in [-0.25, -0.2) is 4.68 Å². The molecular formula is C6H5N3OS2. The van der Waals surface area contributed by atoms with Crippen molar-refractivity contribution in [3.8, 4) is 0 Å². The van der Waals surface area contributed by atoms with E-state index in [1.807, 2.05) is 0 Å². The molecular weight excluding hydrogens is 194 g/mol. The maximum absolute atomic E-state index is 11.4. The Balaban J connectivity index is 3.10. The van der Waals surface area contributed by atoms with Crippen molar-refractivity contribution in [3.05, 3.63) is 20.5 Å². The van der Waals surface area contributed by atoms with Gasteiger partial charge in [-0.05, 0) is 12.2 Å². The van der Waals surface area contributed by atoms with Crippen LogP contribution in [-0.2, 0) is 7.05 Å². The normalized spacial score (nSPS) is 10.8. The van der Waals surface area contributed by atoms with Crippen LogP contribution in [0.4, 0.5) is 0 Å². The monoisotopic (exact) mass is 199 g/mol. The number of rotatable bonds is 0. The molecule has 0 saturated carbocycles. The summed E-state index contributed by atoms with van der Waals surface area (Å²) in [6.07, 6.45) is 1.60. The van der Waals surface area contributed by atoms with Gasteiger partial charge in [-0.15, -0.1) is 0 Å². The second kappa shape index (κ2) is 2.49. The fourth-order valence-corrected chi connectivity index (χ4v) is 2.07. The van der Waals surface area contributed by atoms with Crippen molar-refractivity contribution in [2.24, 2.45) is 7.05 Å². The summed E-state index contributed by atoms with van der Waals surface area (Å²) < 4.78 is 2.54. The maximum atomic E-state index is 11.4. The van der Waals surface area contributed by atoms with Gasteiger partial charge >= 0.3 is 0 Å². The molecule has 2 heterocycles. The largest absolute Gasteiger partial charge is 0.335 e. The number of aromatic nitrogens is 3. The Morgan fingerprint density at radius 1 is 1.75 bits per heavy atom. The van der Waals surface area contributed by atoms with E-state index in [1.165, 1.54) is 16.0 Å². The standard InChI is InChI=1S/C6H5N3OS2/c1-9-5(10)4-3(2-7-9)8-6(11)12-4/h2H,1H3,(H,8,11). The van der Waals surface area contributed by atoms with Crippen molar-refractivity contribution in [2.45, 2.75) is 0 Å². The SMILES string of the molecule is Cn1ncc2[nH]c(=S)sc2c1=O. The van der Waals surface area contributed by atoms with Gasteiger partial charge in [-0.2, -0.15) is 5.10 Å². The predicted octanol–water partition coefficient (Wildman–Crippen LogP) is 1.05. The van der Waals surface area contributed by atoms with Crippen LogP contribution in [0.1, 0.15) is 0 Å². The minimum Gasteiger partial charge on any atom is -0.335 e. The molecule has 0 aliphatic heterocycles. The first-order valence-electron chi connectivity index (χ1n) is 3.23. The Kier molecular flexibility index (Phi) is 1.59. The van der Waals surface area contributed by atoms with Gasteiger partial charge in [0.1, 0.15) is 4.70 Å². The van der Waals surface area contributed by atoms with E-state index in [1.54, 1.807) is 13.2 Å². The highest BCUT2D eigenvalue weighted by molar-refractivity contribution is 7.73.